The van der Waals surface area contributed by atoms with Crippen LogP contribution in [0.1, 0.15) is 44.2 Å². The molecule has 0 spiro atoms. The summed E-state index contributed by atoms with van der Waals surface area (Å²) in [6.45, 7) is 4.18. The molecule has 0 saturated carbocycles. The quantitative estimate of drug-likeness (QED) is 0.875. The van der Waals surface area contributed by atoms with Crippen LogP contribution >= 0.6 is 11.6 Å². The average molecular weight is 295 g/mol. The van der Waals surface area contributed by atoms with E-state index in [4.69, 9.17) is 11.6 Å². The molecule has 1 aliphatic rings. The fraction of sp³-hybridized carbons (Fsp3) is 0.562. The number of halogens is 1. The summed E-state index contributed by atoms with van der Waals surface area (Å²) >= 11 is 5.86. The van der Waals surface area contributed by atoms with Gasteiger partial charge in [0.15, 0.2) is 0 Å². The zero-order chi connectivity index (χ0) is 14.4. The molecule has 110 valence electrons. The van der Waals surface area contributed by atoms with Gasteiger partial charge in [-0.15, -0.1) is 0 Å². The van der Waals surface area contributed by atoms with Crippen LogP contribution in [0.25, 0.3) is 0 Å². The summed E-state index contributed by atoms with van der Waals surface area (Å²) in [5.41, 5.74) is 1.09. The van der Waals surface area contributed by atoms with E-state index in [0.29, 0.717) is 12.3 Å². The van der Waals surface area contributed by atoms with Gasteiger partial charge in [0.05, 0.1) is 6.04 Å². The Labute approximate surface area is 126 Å². The number of amides is 1. The Balaban J connectivity index is 1.74. The zero-order valence-electron chi connectivity index (χ0n) is 12.0. The van der Waals surface area contributed by atoms with E-state index in [1.165, 1.54) is 12.8 Å². The number of carbonyl (C=O) groups is 1. The van der Waals surface area contributed by atoms with Crippen molar-refractivity contribution in [2.24, 2.45) is 5.92 Å². The van der Waals surface area contributed by atoms with E-state index in [-0.39, 0.29) is 11.9 Å². The first-order chi connectivity index (χ1) is 9.65. The SMILES string of the molecule is C[C@H](NC(=O)CCC1CCCNC1)c1ccc(Cl)cc1. The molecule has 1 aromatic rings. The standard InChI is InChI=1S/C16H23ClN2O/c1-12(14-5-7-15(17)8-6-14)19-16(20)9-4-13-3-2-10-18-11-13/h5-8,12-13,18H,2-4,9-11H2,1H3,(H,19,20)/t12-,13?/m0/s1. The van der Waals surface area contributed by atoms with Crippen molar-refractivity contribution in [1.82, 2.24) is 10.6 Å². The fourth-order valence-corrected chi connectivity index (χ4v) is 2.78. The van der Waals surface area contributed by atoms with E-state index in [9.17, 15) is 4.79 Å². The van der Waals surface area contributed by atoms with Gasteiger partial charge in [-0.1, -0.05) is 23.7 Å². The molecule has 2 N–H and O–H groups in total. The molecule has 0 radical (unpaired) electrons. The monoisotopic (exact) mass is 294 g/mol. The molecule has 0 aliphatic carbocycles. The van der Waals surface area contributed by atoms with E-state index in [2.05, 4.69) is 10.6 Å². The summed E-state index contributed by atoms with van der Waals surface area (Å²) in [6.07, 6.45) is 4.07. The van der Waals surface area contributed by atoms with Gasteiger partial charge in [0, 0.05) is 11.4 Å². The minimum atomic E-state index is 0.0317. The first-order valence-electron chi connectivity index (χ1n) is 7.40. The van der Waals surface area contributed by atoms with E-state index >= 15 is 0 Å². The van der Waals surface area contributed by atoms with Crippen LogP contribution in [0.3, 0.4) is 0 Å². The molecule has 1 fully saturated rings. The molecule has 3 nitrogen and oxygen atoms in total. The molecular formula is C16H23ClN2O. The summed E-state index contributed by atoms with van der Waals surface area (Å²) in [5, 5.41) is 7.16. The Morgan fingerprint density at radius 1 is 1.45 bits per heavy atom. The highest BCUT2D eigenvalue weighted by Gasteiger charge is 2.15. The van der Waals surface area contributed by atoms with Crippen LogP contribution < -0.4 is 10.6 Å². The van der Waals surface area contributed by atoms with Crippen molar-refractivity contribution >= 4 is 17.5 Å². The summed E-state index contributed by atoms with van der Waals surface area (Å²) in [6, 6.07) is 7.65. The second-order valence-electron chi connectivity index (χ2n) is 5.59. The normalized spacial score (nSPS) is 20.4. The molecule has 1 unspecified atom stereocenters. The van der Waals surface area contributed by atoms with E-state index in [0.717, 1.165) is 30.1 Å². The molecule has 1 amide bonds. The average Bonchev–Trinajstić information content (AvgIpc) is 2.47. The topological polar surface area (TPSA) is 41.1 Å². The van der Waals surface area contributed by atoms with Crippen LogP contribution in [-0.2, 0) is 4.79 Å². The van der Waals surface area contributed by atoms with Gasteiger partial charge < -0.3 is 10.6 Å². The van der Waals surface area contributed by atoms with Gasteiger partial charge in [0.25, 0.3) is 0 Å². The predicted molar refractivity (Wildman–Crippen MR) is 82.8 cm³/mol. The Bertz CT molecular complexity index is 427. The number of rotatable bonds is 5. The van der Waals surface area contributed by atoms with Gasteiger partial charge in [0.2, 0.25) is 5.91 Å². The third-order valence-electron chi connectivity index (χ3n) is 3.93. The van der Waals surface area contributed by atoms with Crippen molar-refractivity contribution in [1.29, 1.82) is 0 Å². The van der Waals surface area contributed by atoms with E-state index < -0.39 is 0 Å². The molecule has 2 rings (SSSR count). The molecule has 0 aromatic heterocycles. The second kappa shape index (κ2) is 7.65. The van der Waals surface area contributed by atoms with Gasteiger partial charge in [-0.05, 0) is 62.9 Å². The molecule has 20 heavy (non-hydrogen) atoms. The maximum Gasteiger partial charge on any atom is 0.220 e. The lowest BCUT2D eigenvalue weighted by atomic mass is 9.94. The summed E-state index contributed by atoms with van der Waals surface area (Å²) in [7, 11) is 0. The zero-order valence-corrected chi connectivity index (χ0v) is 12.7. The highest BCUT2D eigenvalue weighted by atomic mass is 35.5. The van der Waals surface area contributed by atoms with Crippen molar-refractivity contribution in [3.63, 3.8) is 0 Å². The van der Waals surface area contributed by atoms with E-state index in [1.807, 2.05) is 31.2 Å². The fourth-order valence-electron chi connectivity index (χ4n) is 2.65. The third-order valence-corrected chi connectivity index (χ3v) is 4.18. The Morgan fingerprint density at radius 2 is 2.20 bits per heavy atom. The van der Waals surface area contributed by atoms with Crippen LogP contribution in [0.5, 0.6) is 0 Å². The maximum atomic E-state index is 12.0. The lowest BCUT2D eigenvalue weighted by molar-refractivity contribution is -0.122. The minimum absolute atomic E-state index is 0.0317. The van der Waals surface area contributed by atoms with Crippen molar-refractivity contribution in [2.45, 2.75) is 38.6 Å². The Morgan fingerprint density at radius 3 is 2.85 bits per heavy atom. The van der Waals surface area contributed by atoms with Gasteiger partial charge in [-0.2, -0.15) is 0 Å². The van der Waals surface area contributed by atoms with Gasteiger partial charge in [-0.25, -0.2) is 0 Å². The number of carbonyl (C=O) groups excluding carboxylic acids is 1. The minimum Gasteiger partial charge on any atom is -0.350 e. The van der Waals surface area contributed by atoms with Gasteiger partial charge in [-0.3, -0.25) is 4.79 Å². The van der Waals surface area contributed by atoms with Crippen LogP contribution in [0, 0.1) is 5.92 Å². The van der Waals surface area contributed by atoms with Crippen molar-refractivity contribution in [3.8, 4) is 0 Å². The first kappa shape index (κ1) is 15.3. The molecule has 1 heterocycles. The van der Waals surface area contributed by atoms with Gasteiger partial charge >= 0.3 is 0 Å². The number of benzene rings is 1. The highest BCUT2D eigenvalue weighted by molar-refractivity contribution is 6.30. The molecule has 4 heteroatoms. The Hall–Kier alpha value is -1.06. The summed E-state index contributed by atoms with van der Waals surface area (Å²) < 4.78 is 0. The highest BCUT2D eigenvalue weighted by Crippen LogP contribution is 2.18. The number of hydrogen-bond acceptors (Lipinski definition) is 2. The second-order valence-corrected chi connectivity index (χ2v) is 6.03. The number of piperidine rings is 1. The molecule has 1 saturated heterocycles. The third kappa shape index (κ3) is 4.80. The molecular weight excluding hydrogens is 272 g/mol. The molecule has 0 bridgehead atoms. The van der Waals surface area contributed by atoms with Crippen molar-refractivity contribution < 1.29 is 4.79 Å². The largest absolute Gasteiger partial charge is 0.350 e. The van der Waals surface area contributed by atoms with Crippen LogP contribution in [0.2, 0.25) is 5.02 Å². The lowest BCUT2D eigenvalue weighted by Gasteiger charge is -2.22. The van der Waals surface area contributed by atoms with Gasteiger partial charge in [0.1, 0.15) is 0 Å². The number of nitrogens with one attached hydrogen (secondary N) is 2. The van der Waals surface area contributed by atoms with E-state index in [1.54, 1.807) is 0 Å². The Kier molecular flexibility index (Phi) is 5.86. The maximum absolute atomic E-state index is 12.0. The molecule has 1 aromatic carbocycles. The van der Waals surface area contributed by atoms with Crippen molar-refractivity contribution in [2.75, 3.05) is 13.1 Å². The molecule has 2 atom stereocenters. The van der Waals surface area contributed by atoms with Crippen molar-refractivity contribution in [3.05, 3.63) is 34.9 Å². The smallest absolute Gasteiger partial charge is 0.220 e. The van der Waals surface area contributed by atoms with Crippen LogP contribution in [0.4, 0.5) is 0 Å². The first-order valence-corrected chi connectivity index (χ1v) is 7.78. The summed E-state index contributed by atoms with van der Waals surface area (Å²) in [5.74, 6) is 0.790. The summed E-state index contributed by atoms with van der Waals surface area (Å²) in [4.78, 5) is 12.0. The number of hydrogen-bond donors (Lipinski definition) is 2. The van der Waals surface area contributed by atoms with Crippen LogP contribution in [-0.4, -0.2) is 19.0 Å². The lowest BCUT2D eigenvalue weighted by Crippen LogP contribution is -2.31. The van der Waals surface area contributed by atoms with Crippen LogP contribution in [0.15, 0.2) is 24.3 Å². The predicted octanol–water partition coefficient (Wildman–Crippen LogP) is 3.30. The molecule has 1 aliphatic heterocycles.